The molecule has 2 bridgehead atoms. The lowest BCUT2D eigenvalue weighted by molar-refractivity contribution is -0.158. The van der Waals surface area contributed by atoms with Crippen molar-refractivity contribution in [3.8, 4) is 0 Å². The van der Waals surface area contributed by atoms with Crippen LogP contribution in [0.15, 0.2) is 30.4 Å². The summed E-state index contributed by atoms with van der Waals surface area (Å²) in [6.45, 7) is 3.48. The van der Waals surface area contributed by atoms with Crippen molar-refractivity contribution in [3.63, 3.8) is 0 Å². The van der Waals surface area contributed by atoms with Gasteiger partial charge in [-0.25, -0.2) is 4.79 Å². The predicted octanol–water partition coefficient (Wildman–Crippen LogP) is 3.20. The number of amides is 2. The summed E-state index contributed by atoms with van der Waals surface area (Å²) >= 11 is 1.54. The van der Waals surface area contributed by atoms with E-state index in [-0.39, 0.29) is 41.3 Å². The number of ether oxygens (including phenoxy) is 1. The number of hydrogen-bond donors (Lipinski definition) is 0. The normalized spacial score (nSPS) is 31.9. The molecule has 7 heteroatoms. The Morgan fingerprint density at radius 1 is 1.06 bits per heavy atom. The summed E-state index contributed by atoms with van der Waals surface area (Å²) in [5.41, 5.74) is 2.55. The molecule has 0 radical (unpaired) electrons. The molecule has 1 aliphatic heterocycles. The Hall–Kier alpha value is -2.41. The van der Waals surface area contributed by atoms with Crippen molar-refractivity contribution in [2.75, 3.05) is 18.6 Å². The molecule has 0 unspecified atom stereocenters. The smallest absolute Gasteiger partial charge is 0.329 e. The largest absolute Gasteiger partial charge is 0.456 e. The number of Topliss-reactive ketones (excluding diaryl/α,β-unsaturated/α-hetero) is 1. The van der Waals surface area contributed by atoms with Gasteiger partial charge in [-0.1, -0.05) is 24.3 Å². The van der Waals surface area contributed by atoms with Gasteiger partial charge in [0.15, 0.2) is 12.4 Å². The summed E-state index contributed by atoms with van der Waals surface area (Å²) in [6.07, 6.45) is 7.56. The van der Waals surface area contributed by atoms with Crippen LogP contribution in [0.5, 0.6) is 0 Å². The Kier molecular flexibility index (Phi) is 5.71. The first-order chi connectivity index (χ1) is 15.8. The van der Waals surface area contributed by atoms with Crippen LogP contribution in [0.2, 0.25) is 0 Å². The fourth-order valence-electron chi connectivity index (χ4n) is 6.10. The van der Waals surface area contributed by atoms with Gasteiger partial charge >= 0.3 is 5.97 Å². The summed E-state index contributed by atoms with van der Waals surface area (Å²) in [6, 6.07) is 4.38. The molecule has 174 valence electrons. The van der Waals surface area contributed by atoms with Gasteiger partial charge in [-0.2, -0.15) is 11.8 Å². The van der Waals surface area contributed by atoms with E-state index >= 15 is 0 Å². The molecule has 1 heterocycles. The molecule has 4 aliphatic carbocycles. The number of carbonyl (C=O) groups is 4. The molecule has 1 aromatic rings. The molecule has 2 amide bonds. The predicted molar refractivity (Wildman–Crippen MR) is 125 cm³/mol. The van der Waals surface area contributed by atoms with Gasteiger partial charge in [0.2, 0.25) is 11.8 Å². The second kappa shape index (κ2) is 8.42. The number of aryl methyl sites for hydroxylation is 2. The number of esters is 1. The van der Waals surface area contributed by atoms with Crippen LogP contribution in [-0.2, 0) is 19.1 Å². The number of imide groups is 1. The number of hydrogen-bond acceptors (Lipinski definition) is 6. The number of thioether (sulfide) groups is 1. The molecule has 0 aromatic heterocycles. The van der Waals surface area contributed by atoms with E-state index in [4.69, 9.17) is 4.74 Å². The van der Waals surface area contributed by atoms with E-state index in [9.17, 15) is 19.2 Å². The van der Waals surface area contributed by atoms with Crippen molar-refractivity contribution >= 4 is 35.3 Å². The summed E-state index contributed by atoms with van der Waals surface area (Å²) in [5, 5.41) is 0. The minimum Gasteiger partial charge on any atom is -0.456 e. The molecule has 2 saturated carbocycles. The van der Waals surface area contributed by atoms with Crippen LogP contribution < -0.4 is 0 Å². The topological polar surface area (TPSA) is 80.8 Å². The Morgan fingerprint density at radius 2 is 1.70 bits per heavy atom. The van der Waals surface area contributed by atoms with Gasteiger partial charge in [0, 0.05) is 5.56 Å². The van der Waals surface area contributed by atoms with Crippen LogP contribution in [0.1, 0.15) is 34.3 Å². The maximum absolute atomic E-state index is 13.4. The first kappa shape index (κ1) is 22.4. The van der Waals surface area contributed by atoms with E-state index in [1.54, 1.807) is 23.9 Å². The molecule has 6 rings (SSSR count). The number of rotatable bonds is 8. The zero-order chi connectivity index (χ0) is 23.4. The average Bonchev–Trinajstić information content (AvgIpc) is 3.59. The molecule has 7 atom stereocenters. The van der Waals surface area contributed by atoms with Gasteiger partial charge < -0.3 is 4.74 Å². The van der Waals surface area contributed by atoms with Gasteiger partial charge in [0.25, 0.3) is 0 Å². The summed E-state index contributed by atoms with van der Waals surface area (Å²) < 4.78 is 5.39. The van der Waals surface area contributed by atoms with Gasteiger partial charge in [0.05, 0.1) is 11.8 Å². The van der Waals surface area contributed by atoms with Crippen LogP contribution in [0, 0.1) is 49.4 Å². The fraction of sp³-hybridized carbons (Fsp3) is 0.538. The molecule has 6 nitrogen and oxygen atoms in total. The van der Waals surface area contributed by atoms with E-state index in [1.807, 2.05) is 26.2 Å². The SMILES string of the molecule is CSCC[C@H](C(=O)OCC(=O)c1ccc(C)c(C)c1)N1C(=O)[C@@H]2[C@H]3C=C[C@@H]([C@@H]4C[C@H]34)[C@@H]2C1=O. The second-order valence-corrected chi connectivity index (χ2v) is 10.8. The number of ketones is 1. The Labute approximate surface area is 198 Å². The monoisotopic (exact) mass is 467 g/mol. The quantitative estimate of drug-likeness (QED) is 0.253. The molecule has 5 aliphatic rings. The Bertz CT molecular complexity index is 1030. The highest BCUT2D eigenvalue weighted by Gasteiger charge is 2.68. The Morgan fingerprint density at radius 3 is 2.27 bits per heavy atom. The molecule has 33 heavy (non-hydrogen) atoms. The van der Waals surface area contributed by atoms with Crippen LogP contribution >= 0.6 is 11.8 Å². The highest BCUT2D eigenvalue weighted by atomic mass is 32.2. The standard InChI is InChI=1S/C26H29NO5S/c1-13-4-5-15(10-14(13)2)21(28)12-32-26(31)20(8-9-33-3)27-24(29)22-16-6-7-17(19-11-18(16)19)23(22)25(27)30/h4-7,10,16-20,22-23H,8-9,11-12H2,1-3H3/t16-,17-,18-,19+,20+,22-,23+/m0/s1. The van der Waals surface area contributed by atoms with E-state index in [0.29, 0.717) is 29.6 Å². The number of likely N-dealkylation sites (tertiary alicyclic amines) is 1. The van der Waals surface area contributed by atoms with Gasteiger partial charge in [0.1, 0.15) is 6.04 Å². The maximum Gasteiger partial charge on any atom is 0.329 e. The minimum absolute atomic E-state index is 0.107. The van der Waals surface area contributed by atoms with E-state index in [1.165, 1.54) is 4.90 Å². The zero-order valence-corrected chi connectivity index (χ0v) is 20.0. The zero-order valence-electron chi connectivity index (χ0n) is 19.2. The third-order valence-corrected chi connectivity index (χ3v) is 8.69. The van der Waals surface area contributed by atoms with Gasteiger partial charge in [-0.3, -0.25) is 19.3 Å². The van der Waals surface area contributed by atoms with Gasteiger partial charge in [-0.05, 0) is 79.6 Å². The third-order valence-electron chi connectivity index (χ3n) is 8.05. The minimum atomic E-state index is -0.980. The third kappa shape index (κ3) is 3.65. The number of benzene rings is 1. The number of allylic oxidation sites excluding steroid dienone is 2. The van der Waals surface area contributed by atoms with Crippen molar-refractivity contribution in [1.82, 2.24) is 4.90 Å². The summed E-state index contributed by atoms with van der Waals surface area (Å²) in [5.74, 6) is -0.321. The van der Waals surface area contributed by atoms with Crippen molar-refractivity contribution in [2.45, 2.75) is 32.7 Å². The van der Waals surface area contributed by atoms with Crippen molar-refractivity contribution in [1.29, 1.82) is 0 Å². The van der Waals surface area contributed by atoms with Crippen LogP contribution in [-0.4, -0.2) is 53.1 Å². The summed E-state index contributed by atoms with van der Waals surface area (Å²) in [4.78, 5) is 53.7. The molecule has 0 N–H and O–H groups in total. The molecular weight excluding hydrogens is 438 g/mol. The second-order valence-electron chi connectivity index (χ2n) is 9.83. The van der Waals surface area contributed by atoms with Crippen LogP contribution in [0.3, 0.4) is 0 Å². The molecule has 1 aromatic carbocycles. The first-order valence-corrected chi connectivity index (χ1v) is 13.0. The fourth-order valence-corrected chi connectivity index (χ4v) is 6.56. The highest BCUT2D eigenvalue weighted by molar-refractivity contribution is 7.98. The van der Waals surface area contributed by atoms with E-state index in [2.05, 4.69) is 12.2 Å². The van der Waals surface area contributed by atoms with Crippen LogP contribution in [0.25, 0.3) is 0 Å². The first-order valence-electron chi connectivity index (χ1n) is 11.6. The van der Waals surface area contributed by atoms with Crippen LogP contribution in [0.4, 0.5) is 0 Å². The lowest BCUT2D eigenvalue weighted by Crippen LogP contribution is -2.47. The molecular formula is C26H29NO5S. The van der Waals surface area contributed by atoms with Gasteiger partial charge in [-0.15, -0.1) is 0 Å². The maximum atomic E-state index is 13.4. The summed E-state index contributed by atoms with van der Waals surface area (Å²) in [7, 11) is 0. The van der Waals surface area contributed by atoms with Crippen molar-refractivity contribution in [2.24, 2.45) is 35.5 Å². The average molecular weight is 468 g/mol. The molecule has 3 fully saturated rings. The van der Waals surface area contributed by atoms with Crippen molar-refractivity contribution < 1.29 is 23.9 Å². The van der Waals surface area contributed by atoms with E-state index < -0.39 is 18.6 Å². The van der Waals surface area contributed by atoms with Crippen molar-refractivity contribution in [3.05, 3.63) is 47.0 Å². The number of carbonyl (C=O) groups excluding carboxylic acids is 4. The highest BCUT2D eigenvalue weighted by Crippen LogP contribution is 2.65. The number of nitrogens with zero attached hydrogens (tertiary/aromatic N) is 1. The van der Waals surface area contributed by atoms with E-state index in [0.717, 1.165) is 17.5 Å². The molecule has 1 saturated heterocycles. The lowest BCUT2D eigenvalue weighted by atomic mass is 9.63. The Balaban J connectivity index is 1.31. The lowest BCUT2D eigenvalue weighted by Gasteiger charge is -2.37. The molecule has 0 spiro atoms.